The first-order chi connectivity index (χ1) is 13.0. The van der Waals surface area contributed by atoms with Gasteiger partial charge < -0.3 is 14.9 Å². The monoisotopic (exact) mass is 368 g/mol. The van der Waals surface area contributed by atoms with E-state index in [1.54, 1.807) is 29.2 Å². The molecule has 6 rings (SSSR count). The van der Waals surface area contributed by atoms with Crippen LogP contribution in [0, 0.1) is 23.2 Å². The normalized spacial score (nSPS) is 34.7. The lowest BCUT2D eigenvalue weighted by Crippen LogP contribution is -2.58. The summed E-state index contributed by atoms with van der Waals surface area (Å²) in [6.45, 7) is 2.32. The predicted molar refractivity (Wildman–Crippen MR) is 101 cm³/mol. The number of phenolic OH excluding ortho intramolecular Hbond substituents is 1. The molecule has 144 valence electrons. The molecule has 0 spiro atoms. The van der Waals surface area contributed by atoms with Gasteiger partial charge in [-0.3, -0.25) is 9.59 Å². The Morgan fingerprint density at radius 3 is 1.93 bits per heavy atom. The van der Waals surface area contributed by atoms with Gasteiger partial charge in [0.25, 0.3) is 5.91 Å². The van der Waals surface area contributed by atoms with E-state index in [9.17, 15) is 14.7 Å². The minimum Gasteiger partial charge on any atom is -0.507 e. The molecule has 1 heterocycles. The highest BCUT2D eigenvalue weighted by atomic mass is 16.3. The van der Waals surface area contributed by atoms with Crippen LogP contribution in [0.2, 0.25) is 0 Å². The van der Waals surface area contributed by atoms with Gasteiger partial charge in [0, 0.05) is 26.2 Å². The van der Waals surface area contributed by atoms with E-state index in [-0.39, 0.29) is 17.1 Å². The fourth-order valence-electron chi connectivity index (χ4n) is 6.65. The summed E-state index contributed by atoms with van der Waals surface area (Å²) < 4.78 is 0. The largest absolute Gasteiger partial charge is 0.507 e. The smallest absolute Gasteiger partial charge is 0.257 e. The van der Waals surface area contributed by atoms with E-state index in [2.05, 4.69) is 0 Å². The molecule has 0 aromatic heterocycles. The second kappa shape index (κ2) is 6.25. The molecular weight excluding hydrogens is 340 g/mol. The molecule has 27 heavy (non-hydrogen) atoms. The lowest BCUT2D eigenvalue weighted by atomic mass is 9.49. The second-order valence-corrected chi connectivity index (χ2v) is 9.30. The van der Waals surface area contributed by atoms with Crippen molar-refractivity contribution in [1.82, 2.24) is 9.80 Å². The number of hydrogen-bond acceptors (Lipinski definition) is 3. The third kappa shape index (κ3) is 2.82. The van der Waals surface area contributed by atoms with Crippen molar-refractivity contribution in [2.24, 2.45) is 23.2 Å². The number of nitrogens with zero attached hydrogens (tertiary/aromatic N) is 2. The third-order valence-electron chi connectivity index (χ3n) is 7.48. The molecule has 5 nitrogen and oxygen atoms in total. The molecular formula is C22H28N2O3. The van der Waals surface area contributed by atoms with E-state index in [1.807, 2.05) is 4.90 Å². The standard InChI is InChI=1S/C22H28N2O3/c25-19-4-2-1-3-18(19)20(26)23-5-7-24(8-6-23)21(27)22-12-15-9-16(13-22)11-17(10-15)14-22/h1-4,15-17,25H,5-14H2. The molecule has 0 radical (unpaired) electrons. The molecule has 1 aromatic rings. The maximum Gasteiger partial charge on any atom is 0.257 e. The first kappa shape index (κ1) is 17.1. The molecule has 0 atom stereocenters. The summed E-state index contributed by atoms with van der Waals surface area (Å²) in [6.07, 6.45) is 7.30. The molecule has 2 amide bonds. The number of hydrogen-bond donors (Lipinski definition) is 1. The number of aromatic hydroxyl groups is 1. The number of carbonyl (C=O) groups is 2. The second-order valence-electron chi connectivity index (χ2n) is 9.30. The highest BCUT2D eigenvalue weighted by Gasteiger charge is 2.55. The van der Waals surface area contributed by atoms with E-state index < -0.39 is 0 Å². The van der Waals surface area contributed by atoms with Crippen molar-refractivity contribution in [1.29, 1.82) is 0 Å². The van der Waals surface area contributed by atoms with Gasteiger partial charge in [-0.1, -0.05) is 12.1 Å². The Kier molecular flexibility index (Phi) is 3.95. The molecule has 5 heteroatoms. The zero-order chi connectivity index (χ0) is 18.6. The van der Waals surface area contributed by atoms with Crippen LogP contribution in [0.15, 0.2) is 24.3 Å². The molecule has 1 saturated heterocycles. The average Bonchev–Trinajstić information content (AvgIpc) is 2.66. The lowest BCUT2D eigenvalue weighted by molar-refractivity contribution is -0.159. The number of rotatable bonds is 2. The topological polar surface area (TPSA) is 60.9 Å². The minimum atomic E-state index is -0.144. The van der Waals surface area contributed by atoms with Gasteiger partial charge >= 0.3 is 0 Å². The van der Waals surface area contributed by atoms with Crippen molar-refractivity contribution in [3.63, 3.8) is 0 Å². The van der Waals surface area contributed by atoms with Crippen molar-refractivity contribution < 1.29 is 14.7 Å². The number of carbonyl (C=O) groups excluding carboxylic acids is 2. The van der Waals surface area contributed by atoms with Crippen LogP contribution in [0.25, 0.3) is 0 Å². The van der Waals surface area contributed by atoms with Gasteiger partial charge in [0.05, 0.1) is 11.0 Å². The third-order valence-corrected chi connectivity index (χ3v) is 7.48. The zero-order valence-electron chi connectivity index (χ0n) is 15.8. The van der Waals surface area contributed by atoms with Crippen LogP contribution in [0.4, 0.5) is 0 Å². The van der Waals surface area contributed by atoms with Crippen LogP contribution in [0.5, 0.6) is 5.75 Å². The summed E-state index contributed by atoms with van der Waals surface area (Å²) in [7, 11) is 0. The first-order valence-corrected chi connectivity index (χ1v) is 10.4. The molecule has 4 aliphatic carbocycles. The van der Waals surface area contributed by atoms with Crippen LogP contribution >= 0.6 is 0 Å². The van der Waals surface area contributed by atoms with Gasteiger partial charge in [0.2, 0.25) is 5.91 Å². The molecule has 0 unspecified atom stereocenters. The van der Waals surface area contributed by atoms with E-state index in [0.29, 0.717) is 37.6 Å². The van der Waals surface area contributed by atoms with Gasteiger partial charge in [-0.25, -0.2) is 0 Å². The van der Waals surface area contributed by atoms with Crippen molar-refractivity contribution >= 4 is 11.8 Å². The summed E-state index contributed by atoms with van der Waals surface area (Å²) in [5.74, 6) is 2.54. The Bertz CT molecular complexity index is 731. The quantitative estimate of drug-likeness (QED) is 0.873. The first-order valence-electron chi connectivity index (χ1n) is 10.4. The molecule has 4 saturated carbocycles. The summed E-state index contributed by atoms with van der Waals surface area (Å²) >= 11 is 0. The molecule has 1 N–H and O–H groups in total. The minimum absolute atomic E-state index is 0.0228. The number of amides is 2. The summed E-state index contributed by atoms with van der Waals surface area (Å²) in [6, 6.07) is 6.68. The van der Waals surface area contributed by atoms with E-state index in [0.717, 1.165) is 37.0 Å². The number of benzene rings is 1. The van der Waals surface area contributed by atoms with Gasteiger partial charge in [-0.15, -0.1) is 0 Å². The number of piperazine rings is 1. The highest BCUT2D eigenvalue weighted by molar-refractivity contribution is 5.97. The SMILES string of the molecule is O=C(c1ccccc1O)N1CCN(C(=O)C23CC4CC(CC(C4)C2)C3)CC1. The van der Waals surface area contributed by atoms with Crippen LogP contribution in [0.3, 0.4) is 0 Å². The van der Waals surface area contributed by atoms with Crippen LogP contribution in [-0.2, 0) is 4.79 Å². The molecule has 5 fully saturated rings. The Balaban J connectivity index is 1.25. The average molecular weight is 368 g/mol. The predicted octanol–water partition coefficient (Wildman–Crippen LogP) is 2.89. The van der Waals surface area contributed by atoms with Crippen molar-refractivity contribution in [2.75, 3.05) is 26.2 Å². The van der Waals surface area contributed by atoms with Gasteiger partial charge in [0.15, 0.2) is 0 Å². The molecule has 1 aliphatic heterocycles. The van der Waals surface area contributed by atoms with Gasteiger partial charge in [-0.05, 0) is 68.4 Å². The van der Waals surface area contributed by atoms with Crippen molar-refractivity contribution in [3.8, 4) is 5.75 Å². The van der Waals surface area contributed by atoms with Crippen LogP contribution in [-0.4, -0.2) is 52.9 Å². The van der Waals surface area contributed by atoms with Crippen molar-refractivity contribution in [3.05, 3.63) is 29.8 Å². The van der Waals surface area contributed by atoms with Crippen LogP contribution in [0.1, 0.15) is 48.9 Å². The summed E-state index contributed by atoms with van der Waals surface area (Å²) in [5.41, 5.74) is 0.247. The Hall–Kier alpha value is -2.04. The fraction of sp³-hybridized carbons (Fsp3) is 0.636. The van der Waals surface area contributed by atoms with E-state index in [4.69, 9.17) is 0 Å². The van der Waals surface area contributed by atoms with Crippen LogP contribution < -0.4 is 0 Å². The Morgan fingerprint density at radius 1 is 0.852 bits per heavy atom. The lowest BCUT2D eigenvalue weighted by Gasteiger charge is -2.57. The van der Waals surface area contributed by atoms with E-state index in [1.165, 1.54) is 19.3 Å². The van der Waals surface area contributed by atoms with E-state index >= 15 is 0 Å². The fourth-order valence-corrected chi connectivity index (χ4v) is 6.65. The number of phenols is 1. The van der Waals surface area contributed by atoms with Gasteiger partial charge in [-0.2, -0.15) is 0 Å². The Morgan fingerprint density at radius 2 is 1.37 bits per heavy atom. The molecule has 5 aliphatic rings. The number of para-hydroxylation sites is 1. The molecule has 4 bridgehead atoms. The van der Waals surface area contributed by atoms with Crippen molar-refractivity contribution in [2.45, 2.75) is 38.5 Å². The maximum absolute atomic E-state index is 13.4. The zero-order valence-corrected chi connectivity index (χ0v) is 15.8. The summed E-state index contributed by atoms with van der Waals surface area (Å²) in [4.78, 5) is 29.9. The molecule has 1 aromatic carbocycles. The highest BCUT2D eigenvalue weighted by Crippen LogP contribution is 2.60. The summed E-state index contributed by atoms with van der Waals surface area (Å²) in [5, 5.41) is 9.94. The Labute approximate surface area is 160 Å². The van der Waals surface area contributed by atoms with Gasteiger partial charge in [0.1, 0.15) is 5.75 Å². The maximum atomic E-state index is 13.4.